The fourth-order valence-electron chi connectivity index (χ4n) is 0.275. The van der Waals surface area contributed by atoms with E-state index in [1.165, 1.54) is 0 Å². The van der Waals surface area contributed by atoms with Gasteiger partial charge < -0.3 is 4.42 Å². The summed E-state index contributed by atoms with van der Waals surface area (Å²) in [6.45, 7) is 0. The molecule has 0 amide bonds. The molecule has 6 nitrogen and oxygen atoms in total. The van der Waals surface area contributed by atoms with Gasteiger partial charge in [-0.3, -0.25) is 4.55 Å². The van der Waals surface area contributed by atoms with E-state index in [1.54, 1.807) is 0 Å². The summed E-state index contributed by atoms with van der Waals surface area (Å²) < 4.78 is 32.4. The number of hydrogen-bond donors (Lipinski definition) is 1. The van der Waals surface area contributed by atoms with Crippen LogP contribution < -0.4 is 0 Å². The summed E-state index contributed by atoms with van der Waals surface area (Å²) in [7, 11) is -4.30. The van der Waals surface area contributed by atoms with E-state index in [2.05, 4.69) is 14.6 Å². The van der Waals surface area contributed by atoms with Crippen molar-refractivity contribution in [3.8, 4) is 0 Å². The first-order valence-corrected chi connectivity index (χ1v) is 3.28. The van der Waals surface area contributed by atoms with Gasteiger partial charge in [0.25, 0.3) is 0 Å². The Morgan fingerprint density at radius 1 is 1.67 bits per heavy atom. The van der Waals surface area contributed by atoms with E-state index in [1.807, 2.05) is 0 Å². The highest BCUT2D eigenvalue weighted by molar-refractivity contribution is 7.85. The van der Waals surface area contributed by atoms with Crippen LogP contribution in [0.1, 0.15) is 0 Å². The van der Waals surface area contributed by atoms with Crippen LogP contribution in [0.5, 0.6) is 0 Å². The maximum absolute atomic E-state index is 10.1. The van der Waals surface area contributed by atoms with Crippen LogP contribution in [0.4, 0.5) is 0 Å². The summed E-state index contributed by atoms with van der Waals surface area (Å²) in [5, 5.41) is 5.18. The average Bonchev–Trinajstić information content (AvgIpc) is 2.08. The van der Waals surface area contributed by atoms with Crippen LogP contribution in [-0.4, -0.2) is 23.2 Å². The highest BCUT2D eigenvalue weighted by Gasteiger charge is 2.14. The van der Waals surface area contributed by atoms with Crippen LogP contribution in [0.15, 0.2) is 16.0 Å². The fraction of sp³-hybridized carbons (Fsp3) is 0. The SMILES string of the molecule is O=S(=O)(O)c1nnco1. The van der Waals surface area contributed by atoms with Crippen LogP contribution in [0, 0.1) is 0 Å². The first-order valence-electron chi connectivity index (χ1n) is 1.84. The lowest BCUT2D eigenvalue weighted by Gasteiger charge is -1.81. The molecule has 0 unspecified atom stereocenters. The topological polar surface area (TPSA) is 93.3 Å². The van der Waals surface area contributed by atoms with Crippen molar-refractivity contribution in [2.24, 2.45) is 0 Å². The van der Waals surface area contributed by atoms with E-state index < -0.39 is 15.3 Å². The standard InChI is InChI=1S/C2H2N2O4S/c5-9(6,7)2-4-3-1-8-2/h1H,(H,5,6,7). The molecule has 0 aliphatic heterocycles. The maximum Gasteiger partial charge on any atom is 0.363 e. The minimum atomic E-state index is -4.30. The summed E-state index contributed by atoms with van der Waals surface area (Å²) >= 11 is 0. The van der Waals surface area contributed by atoms with E-state index in [9.17, 15) is 8.42 Å². The molecule has 1 aromatic heterocycles. The van der Waals surface area contributed by atoms with Gasteiger partial charge in [0.15, 0.2) is 0 Å². The van der Waals surface area contributed by atoms with Crippen molar-refractivity contribution in [3.63, 3.8) is 0 Å². The van der Waals surface area contributed by atoms with Crippen LogP contribution >= 0.6 is 0 Å². The molecule has 0 atom stereocenters. The molecular formula is C2H2N2O4S. The van der Waals surface area contributed by atoms with E-state index in [4.69, 9.17) is 4.55 Å². The summed E-state index contributed by atoms with van der Waals surface area (Å²) in [5.74, 6) is 0. The van der Waals surface area contributed by atoms with E-state index >= 15 is 0 Å². The molecule has 1 aromatic rings. The lowest BCUT2D eigenvalue weighted by atomic mass is 11.5. The molecule has 1 N–H and O–H groups in total. The van der Waals surface area contributed by atoms with Gasteiger partial charge in [0, 0.05) is 0 Å². The predicted molar refractivity (Wildman–Crippen MR) is 24.1 cm³/mol. The fourth-order valence-corrected chi connectivity index (χ4v) is 0.590. The molecule has 0 radical (unpaired) electrons. The minimum absolute atomic E-state index is 0.789. The van der Waals surface area contributed by atoms with Gasteiger partial charge in [0.1, 0.15) is 0 Å². The zero-order chi connectivity index (χ0) is 6.91. The van der Waals surface area contributed by atoms with Crippen molar-refractivity contribution in [2.45, 2.75) is 5.22 Å². The molecule has 0 saturated heterocycles. The zero-order valence-electron chi connectivity index (χ0n) is 4.05. The molecule has 50 valence electrons. The Morgan fingerprint density at radius 3 is 2.56 bits per heavy atom. The van der Waals surface area contributed by atoms with Crippen molar-refractivity contribution in [1.29, 1.82) is 0 Å². The first-order chi connectivity index (χ1) is 4.11. The molecule has 0 spiro atoms. The smallest absolute Gasteiger partial charge is 0.363 e. The number of aromatic nitrogens is 2. The van der Waals surface area contributed by atoms with Gasteiger partial charge >= 0.3 is 15.3 Å². The van der Waals surface area contributed by atoms with Gasteiger partial charge in [0.05, 0.1) is 0 Å². The Labute approximate surface area is 50.3 Å². The van der Waals surface area contributed by atoms with Gasteiger partial charge in [-0.1, -0.05) is 5.10 Å². The largest absolute Gasteiger partial charge is 0.414 e. The molecule has 0 aliphatic carbocycles. The van der Waals surface area contributed by atoms with Crippen molar-refractivity contribution in [2.75, 3.05) is 0 Å². The molecule has 9 heavy (non-hydrogen) atoms. The summed E-state index contributed by atoms with van der Waals surface area (Å²) in [6.07, 6.45) is 0.809. The molecule has 7 heteroatoms. The molecule has 0 saturated carbocycles. The Morgan fingerprint density at radius 2 is 2.33 bits per heavy atom. The molecular weight excluding hydrogens is 148 g/mol. The van der Waals surface area contributed by atoms with Crippen LogP contribution in [0.25, 0.3) is 0 Å². The Hall–Kier alpha value is -0.950. The number of rotatable bonds is 1. The second-order valence-corrected chi connectivity index (χ2v) is 2.48. The Balaban J connectivity index is 3.20. The van der Waals surface area contributed by atoms with E-state index in [-0.39, 0.29) is 0 Å². The Kier molecular flexibility index (Phi) is 1.22. The maximum atomic E-state index is 10.1. The van der Waals surface area contributed by atoms with Gasteiger partial charge in [-0.2, -0.15) is 8.42 Å². The lowest BCUT2D eigenvalue weighted by Crippen LogP contribution is -1.97. The van der Waals surface area contributed by atoms with Crippen molar-refractivity contribution in [1.82, 2.24) is 10.2 Å². The third kappa shape index (κ3) is 1.24. The zero-order valence-corrected chi connectivity index (χ0v) is 4.87. The lowest BCUT2D eigenvalue weighted by molar-refractivity contribution is 0.391. The van der Waals surface area contributed by atoms with Crippen LogP contribution in [0.3, 0.4) is 0 Å². The van der Waals surface area contributed by atoms with Crippen LogP contribution in [-0.2, 0) is 10.1 Å². The van der Waals surface area contributed by atoms with Crippen molar-refractivity contribution >= 4 is 10.1 Å². The third-order valence-corrected chi connectivity index (χ3v) is 1.18. The molecule has 0 bridgehead atoms. The molecule has 1 rings (SSSR count). The van der Waals surface area contributed by atoms with Gasteiger partial charge in [-0.05, 0) is 0 Å². The second kappa shape index (κ2) is 1.78. The molecule has 0 aromatic carbocycles. The summed E-state index contributed by atoms with van der Waals surface area (Å²) in [4.78, 5) is 0. The molecule has 1 heterocycles. The summed E-state index contributed by atoms with van der Waals surface area (Å²) in [6, 6.07) is 0. The highest BCUT2D eigenvalue weighted by atomic mass is 32.2. The number of hydrogen-bond acceptors (Lipinski definition) is 5. The quantitative estimate of drug-likeness (QED) is 0.533. The van der Waals surface area contributed by atoms with Crippen molar-refractivity contribution in [3.05, 3.63) is 6.39 Å². The average molecular weight is 150 g/mol. The van der Waals surface area contributed by atoms with Gasteiger partial charge in [0.2, 0.25) is 6.39 Å². The molecule has 0 aliphatic rings. The van der Waals surface area contributed by atoms with E-state index in [0.29, 0.717) is 0 Å². The van der Waals surface area contributed by atoms with Gasteiger partial charge in [-0.15, -0.1) is 5.10 Å². The summed E-state index contributed by atoms with van der Waals surface area (Å²) in [5.41, 5.74) is 0. The highest BCUT2D eigenvalue weighted by Crippen LogP contribution is 1.99. The van der Waals surface area contributed by atoms with Gasteiger partial charge in [-0.25, -0.2) is 0 Å². The third-order valence-electron chi connectivity index (χ3n) is 0.561. The van der Waals surface area contributed by atoms with Crippen LogP contribution in [0.2, 0.25) is 0 Å². The Bertz CT molecular complexity index is 274. The normalized spacial score (nSPS) is 11.7. The predicted octanol–water partition coefficient (Wildman–Crippen LogP) is -0.684. The van der Waals surface area contributed by atoms with Crippen molar-refractivity contribution < 1.29 is 17.4 Å². The second-order valence-electron chi connectivity index (χ2n) is 1.18. The van der Waals surface area contributed by atoms with E-state index in [0.717, 1.165) is 6.39 Å². The molecule has 0 fully saturated rings. The monoisotopic (exact) mass is 150 g/mol. The first kappa shape index (κ1) is 6.17. The number of nitrogens with zero attached hydrogens (tertiary/aromatic N) is 2. The minimum Gasteiger partial charge on any atom is -0.414 e.